The molecular formula is C15H25FN4. The minimum Gasteiger partial charge on any atom is -0.384 e. The number of nitrogens with one attached hydrogen (secondary N) is 1. The van der Waals surface area contributed by atoms with Crippen molar-refractivity contribution >= 4 is 5.84 Å². The number of nitrogens with two attached hydrogens (primary N) is 1. The number of hydrogen-bond acceptors (Lipinski definition) is 3. The van der Waals surface area contributed by atoms with E-state index in [-0.39, 0.29) is 11.7 Å². The summed E-state index contributed by atoms with van der Waals surface area (Å²) in [4.78, 5) is 4.42. The number of rotatable bonds is 8. The lowest BCUT2D eigenvalue weighted by Crippen LogP contribution is -2.27. The SMILES string of the molecule is CCN(CCCN(C)C)Cc1cc(F)cc(C(=N)N)c1. The second kappa shape index (κ2) is 7.97. The molecule has 20 heavy (non-hydrogen) atoms. The molecule has 0 fully saturated rings. The Hall–Kier alpha value is -1.46. The van der Waals surface area contributed by atoms with Gasteiger partial charge in [0, 0.05) is 12.1 Å². The number of benzene rings is 1. The molecular weight excluding hydrogens is 255 g/mol. The normalized spacial score (nSPS) is 11.3. The Balaban J connectivity index is 2.67. The van der Waals surface area contributed by atoms with Gasteiger partial charge in [-0.15, -0.1) is 0 Å². The van der Waals surface area contributed by atoms with Gasteiger partial charge in [-0.3, -0.25) is 10.3 Å². The predicted octanol–water partition coefficient (Wildman–Crippen LogP) is 1.88. The first-order chi connectivity index (χ1) is 9.42. The number of nitrogens with zero attached hydrogens (tertiary/aromatic N) is 2. The standard InChI is InChI=1S/C15H25FN4/c1-4-20(7-5-6-19(2)3)11-12-8-13(15(17)18)10-14(16)9-12/h8-10H,4-7,11H2,1-3H3,(H3,17,18). The van der Waals surface area contributed by atoms with Crippen molar-refractivity contribution in [2.45, 2.75) is 19.9 Å². The van der Waals surface area contributed by atoms with Gasteiger partial charge in [-0.1, -0.05) is 6.92 Å². The first-order valence-electron chi connectivity index (χ1n) is 6.93. The third-order valence-corrected chi connectivity index (χ3v) is 3.20. The summed E-state index contributed by atoms with van der Waals surface area (Å²) >= 11 is 0. The summed E-state index contributed by atoms with van der Waals surface area (Å²) in [7, 11) is 4.12. The number of nitrogen functional groups attached to an aromatic ring is 1. The number of amidine groups is 1. The molecule has 0 aliphatic heterocycles. The van der Waals surface area contributed by atoms with Crippen LogP contribution in [0.1, 0.15) is 24.5 Å². The average molecular weight is 280 g/mol. The zero-order valence-corrected chi connectivity index (χ0v) is 12.6. The van der Waals surface area contributed by atoms with E-state index in [1.807, 2.05) is 0 Å². The molecule has 5 heteroatoms. The van der Waals surface area contributed by atoms with Crippen molar-refractivity contribution in [3.05, 3.63) is 35.1 Å². The summed E-state index contributed by atoms with van der Waals surface area (Å²) in [6, 6.07) is 4.61. The van der Waals surface area contributed by atoms with Gasteiger partial charge in [-0.05, 0) is 63.9 Å². The Morgan fingerprint density at radius 1 is 1.25 bits per heavy atom. The van der Waals surface area contributed by atoms with E-state index < -0.39 is 0 Å². The Morgan fingerprint density at radius 3 is 2.50 bits per heavy atom. The molecule has 0 aromatic heterocycles. The van der Waals surface area contributed by atoms with Crippen LogP contribution in [0.5, 0.6) is 0 Å². The van der Waals surface area contributed by atoms with Crippen molar-refractivity contribution in [1.29, 1.82) is 5.41 Å². The van der Waals surface area contributed by atoms with Crippen molar-refractivity contribution < 1.29 is 4.39 Å². The Bertz CT molecular complexity index is 445. The van der Waals surface area contributed by atoms with E-state index in [0.717, 1.165) is 31.6 Å². The van der Waals surface area contributed by atoms with Gasteiger partial charge in [0.05, 0.1) is 0 Å². The topological polar surface area (TPSA) is 56.4 Å². The highest BCUT2D eigenvalue weighted by atomic mass is 19.1. The lowest BCUT2D eigenvalue weighted by Gasteiger charge is -2.21. The molecule has 3 N–H and O–H groups in total. The molecule has 0 saturated carbocycles. The van der Waals surface area contributed by atoms with Crippen molar-refractivity contribution in [1.82, 2.24) is 9.80 Å². The highest BCUT2D eigenvalue weighted by Gasteiger charge is 2.08. The van der Waals surface area contributed by atoms with Crippen LogP contribution in [0.25, 0.3) is 0 Å². The van der Waals surface area contributed by atoms with Crippen LogP contribution in [-0.2, 0) is 6.54 Å². The second-order valence-corrected chi connectivity index (χ2v) is 5.29. The van der Waals surface area contributed by atoms with Gasteiger partial charge >= 0.3 is 0 Å². The fraction of sp³-hybridized carbons (Fsp3) is 0.533. The molecule has 1 rings (SSSR count). The molecule has 0 radical (unpaired) electrons. The summed E-state index contributed by atoms with van der Waals surface area (Å²) in [5, 5.41) is 7.41. The number of hydrogen-bond donors (Lipinski definition) is 2. The van der Waals surface area contributed by atoms with Crippen LogP contribution in [-0.4, -0.2) is 49.4 Å². The van der Waals surface area contributed by atoms with E-state index in [1.54, 1.807) is 6.07 Å². The highest BCUT2D eigenvalue weighted by molar-refractivity contribution is 5.95. The molecule has 0 aliphatic rings. The fourth-order valence-electron chi connectivity index (χ4n) is 2.11. The Morgan fingerprint density at radius 2 is 1.95 bits per heavy atom. The molecule has 0 atom stereocenters. The van der Waals surface area contributed by atoms with E-state index in [4.69, 9.17) is 11.1 Å². The van der Waals surface area contributed by atoms with Gasteiger partial charge in [-0.2, -0.15) is 0 Å². The van der Waals surface area contributed by atoms with Gasteiger partial charge in [0.15, 0.2) is 0 Å². The predicted molar refractivity (Wildman–Crippen MR) is 81.5 cm³/mol. The maximum absolute atomic E-state index is 13.5. The molecule has 0 unspecified atom stereocenters. The summed E-state index contributed by atoms with van der Waals surface area (Å²) < 4.78 is 13.5. The summed E-state index contributed by atoms with van der Waals surface area (Å²) in [5.41, 5.74) is 6.74. The van der Waals surface area contributed by atoms with Crippen molar-refractivity contribution in [3.8, 4) is 0 Å². The van der Waals surface area contributed by atoms with Crippen LogP contribution in [0, 0.1) is 11.2 Å². The first kappa shape index (κ1) is 16.6. The van der Waals surface area contributed by atoms with E-state index >= 15 is 0 Å². The zero-order chi connectivity index (χ0) is 15.1. The molecule has 0 heterocycles. The number of halogens is 1. The molecule has 0 amide bonds. The van der Waals surface area contributed by atoms with Gasteiger partial charge in [-0.25, -0.2) is 4.39 Å². The molecule has 0 bridgehead atoms. The summed E-state index contributed by atoms with van der Waals surface area (Å²) in [6.45, 7) is 5.71. The van der Waals surface area contributed by atoms with Crippen molar-refractivity contribution in [3.63, 3.8) is 0 Å². The molecule has 4 nitrogen and oxygen atoms in total. The Labute approximate surface area is 120 Å². The fourth-order valence-corrected chi connectivity index (χ4v) is 2.11. The monoisotopic (exact) mass is 280 g/mol. The van der Waals surface area contributed by atoms with Gasteiger partial charge in [0.1, 0.15) is 11.7 Å². The van der Waals surface area contributed by atoms with Crippen LogP contribution in [0.15, 0.2) is 18.2 Å². The second-order valence-electron chi connectivity index (χ2n) is 5.29. The van der Waals surface area contributed by atoms with Crippen molar-refractivity contribution in [2.24, 2.45) is 5.73 Å². The molecule has 1 aromatic rings. The maximum atomic E-state index is 13.5. The minimum absolute atomic E-state index is 0.0959. The summed E-state index contributed by atoms with van der Waals surface area (Å²) in [5.74, 6) is -0.432. The Kier molecular flexibility index (Phi) is 6.61. The summed E-state index contributed by atoms with van der Waals surface area (Å²) in [6.07, 6.45) is 1.08. The zero-order valence-electron chi connectivity index (χ0n) is 12.6. The molecule has 0 spiro atoms. The largest absolute Gasteiger partial charge is 0.384 e. The third kappa shape index (κ3) is 5.67. The quantitative estimate of drug-likeness (QED) is 0.565. The van der Waals surface area contributed by atoms with Gasteiger partial charge < -0.3 is 10.6 Å². The van der Waals surface area contributed by atoms with Crippen molar-refractivity contribution in [2.75, 3.05) is 33.7 Å². The highest BCUT2D eigenvalue weighted by Crippen LogP contribution is 2.12. The van der Waals surface area contributed by atoms with Gasteiger partial charge in [0.25, 0.3) is 0 Å². The van der Waals surface area contributed by atoms with Crippen LogP contribution in [0.3, 0.4) is 0 Å². The minimum atomic E-state index is -0.336. The van der Waals surface area contributed by atoms with Crippen LogP contribution < -0.4 is 5.73 Å². The molecule has 112 valence electrons. The maximum Gasteiger partial charge on any atom is 0.124 e. The van der Waals surface area contributed by atoms with Crippen LogP contribution in [0.4, 0.5) is 4.39 Å². The molecule has 1 aromatic carbocycles. The van der Waals surface area contributed by atoms with E-state index in [0.29, 0.717) is 12.1 Å². The van der Waals surface area contributed by atoms with E-state index in [1.165, 1.54) is 12.1 Å². The molecule has 0 aliphatic carbocycles. The lowest BCUT2D eigenvalue weighted by atomic mass is 10.1. The van der Waals surface area contributed by atoms with E-state index in [2.05, 4.69) is 30.8 Å². The lowest BCUT2D eigenvalue weighted by molar-refractivity contribution is 0.259. The average Bonchev–Trinajstić information content (AvgIpc) is 2.36. The smallest absolute Gasteiger partial charge is 0.124 e. The molecule has 0 saturated heterocycles. The third-order valence-electron chi connectivity index (χ3n) is 3.20. The first-order valence-corrected chi connectivity index (χ1v) is 6.93. The van der Waals surface area contributed by atoms with E-state index in [9.17, 15) is 4.39 Å². The van der Waals surface area contributed by atoms with Crippen LogP contribution >= 0.6 is 0 Å². The van der Waals surface area contributed by atoms with Gasteiger partial charge in [0.2, 0.25) is 0 Å². The van der Waals surface area contributed by atoms with Crippen LogP contribution in [0.2, 0.25) is 0 Å².